The van der Waals surface area contributed by atoms with Gasteiger partial charge in [-0.1, -0.05) is 50.5 Å². The van der Waals surface area contributed by atoms with Crippen molar-refractivity contribution in [1.29, 1.82) is 0 Å². The summed E-state index contributed by atoms with van der Waals surface area (Å²) in [5.41, 5.74) is 9.10. The lowest BCUT2D eigenvalue weighted by Gasteiger charge is -2.25. The minimum absolute atomic E-state index is 0.0398. The van der Waals surface area contributed by atoms with E-state index in [4.69, 9.17) is 10.5 Å². The highest BCUT2D eigenvalue weighted by molar-refractivity contribution is 5.77. The zero-order valence-corrected chi connectivity index (χ0v) is 22.3. The van der Waals surface area contributed by atoms with Crippen molar-refractivity contribution < 1.29 is 23.1 Å². The number of aryl methyl sites for hydroxylation is 1. The van der Waals surface area contributed by atoms with Crippen molar-refractivity contribution >= 4 is 11.9 Å². The average Bonchev–Trinajstić information content (AvgIpc) is 2.88. The van der Waals surface area contributed by atoms with Crippen molar-refractivity contribution in [3.63, 3.8) is 0 Å². The van der Waals surface area contributed by atoms with Crippen molar-refractivity contribution in [2.75, 3.05) is 6.54 Å². The molecule has 4 N–H and O–H groups in total. The summed E-state index contributed by atoms with van der Waals surface area (Å²) in [6.07, 6.45) is 6.62. The van der Waals surface area contributed by atoms with Crippen LogP contribution in [0.3, 0.4) is 0 Å². The van der Waals surface area contributed by atoms with Gasteiger partial charge in [0, 0.05) is 44.1 Å². The molecule has 0 saturated heterocycles. The molecule has 0 unspecified atom stereocenters. The Balaban J connectivity index is 1.53. The smallest absolute Gasteiger partial charge is 0.306 e. The van der Waals surface area contributed by atoms with E-state index in [1.165, 1.54) is 24.1 Å². The van der Waals surface area contributed by atoms with E-state index in [9.17, 15) is 18.4 Å². The Bertz CT molecular complexity index is 1020. The Morgan fingerprint density at radius 2 is 1.71 bits per heavy atom. The molecule has 0 heterocycles. The van der Waals surface area contributed by atoms with Crippen LogP contribution in [0.2, 0.25) is 0 Å². The molecule has 1 saturated carbocycles. The first-order valence-electron chi connectivity index (χ1n) is 13.8. The fraction of sp³-hybridized carbons (Fsp3) is 0.533. The highest BCUT2D eigenvalue weighted by Gasteiger charge is 2.23. The second-order valence-electron chi connectivity index (χ2n) is 10.2. The molecule has 2 atom stereocenters. The lowest BCUT2D eigenvalue weighted by atomic mass is 9.95. The third kappa shape index (κ3) is 10.5. The summed E-state index contributed by atoms with van der Waals surface area (Å²) in [6, 6.07) is 11.0. The molecular weight excluding hydrogens is 488 g/mol. The van der Waals surface area contributed by atoms with Gasteiger partial charge in [-0.25, -0.2) is 8.78 Å². The molecule has 8 heteroatoms. The maximum Gasteiger partial charge on any atom is 0.306 e. The number of esters is 1. The Labute approximate surface area is 224 Å². The van der Waals surface area contributed by atoms with Crippen LogP contribution >= 0.6 is 0 Å². The maximum atomic E-state index is 13.7. The molecule has 1 aliphatic rings. The van der Waals surface area contributed by atoms with Gasteiger partial charge in [0.1, 0.15) is 17.7 Å². The number of halogens is 2. The monoisotopic (exact) mass is 529 g/mol. The van der Waals surface area contributed by atoms with Crippen LogP contribution in [0.1, 0.15) is 75.0 Å². The average molecular weight is 530 g/mol. The molecule has 1 aliphatic carbocycles. The third-order valence-corrected chi connectivity index (χ3v) is 6.98. The highest BCUT2D eigenvalue weighted by atomic mass is 19.1. The van der Waals surface area contributed by atoms with Gasteiger partial charge in [-0.2, -0.15) is 0 Å². The number of hydrogen-bond donors (Lipinski definition) is 3. The number of ether oxygens (including phenoxy) is 1. The third-order valence-electron chi connectivity index (χ3n) is 6.98. The van der Waals surface area contributed by atoms with Crippen molar-refractivity contribution in [2.24, 2.45) is 5.73 Å². The number of benzene rings is 2. The van der Waals surface area contributed by atoms with E-state index in [1.54, 1.807) is 0 Å². The molecule has 3 rings (SSSR count). The quantitative estimate of drug-likeness (QED) is 0.308. The van der Waals surface area contributed by atoms with E-state index in [-0.39, 0.29) is 37.8 Å². The molecule has 0 spiro atoms. The lowest BCUT2D eigenvalue weighted by molar-refractivity contribution is -0.150. The van der Waals surface area contributed by atoms with Crippen molar-refractivity contribution in [3.8, 4) is 0 Å². The number of hydrogen-bond acceptors (Lipinski definition) is 5. The summed E-state index contributed by atoms with van der Waals surface area (Å²) in [7, 11) is 0. The Hall–Kier alpha value is -2.84. The highest BCUT2D eigenvalue weighted by Crippen LogP contribution is 2.18. The summed E-state index contributed by atoms with van der Waals surface area (Å²) in [5, 5.41) is 6.36. The first-order chi connectivity index (χ1) is 18.3. The van der Waals surface area contributed by atoms with Crippen molar-refractivity contribution in [3.05, 3.63) is 70.8 Å². The first kappa shape index (κ1) is 29.7. The normalized spacial score (nSPS) is 15.6. The molecule has 0 aromatic heterocycles. The van der Waals surface area contributed by atoms with Gasteiger partial charge in [0.15, 0.2) is 0 Å². The van der Waals surface area contributed by atoms with E-state index in [0.29, 0.717) is 18.5 Å². The number of carbonyl (C=O) groups is 2. The minimum atomic E-state index is -0.709. The summed E-state index contributed by atoms with van der Waals surface area (Å²) in [5.74, 6) is -1.85. The maximum absolute atomic E-state index is 13.7. The van der Waals surface area contributed by atoms with Gasteiger partial charge in [-0.3, -0.25) is 9.59 Å². The Morgan fingerprint density at radius 1 is 1.00 bits per heavy atom. The van der Waals surface area contributed by atoms with Gasteiger partial charge in [-0.15, -0.1) is 0 Å². The molecule has 2 aromatic carbocycles. The van der Waals surface area contributed by atoms with Crippen LogP contribution in [0, 0.1) is 11.6 Å². The predicted molar refractivity (Wildman–Crippen MR) is 144 cm³/mol. The van der Waals surface area contributed by atoms with Crippen molar-refractivity contribution in [1.82, 2.24) is 10.6 Å². The van der Waals surface area contributed by atoms with E-state index < -0.39 is 29.7 Å². The fourth-order valence-electron chi connectivity index (χ4n) is 4.90. The topological polar surface area (TPSA) is 93.4 Å². The van der Waals surface area contributed by atoms with Gasteiger partial charge in [0.2, 0.25) is 5.91 Å². The first-order valence-corrected chi connectivity index (χ1v) is 13.8. The Morgan fingerprint density at radius 3 is 2.42 bits per heavy atom. The molecule has 38 heavy (non-hydrogen) atoms. The lowest BCUT2D eigenvalue weighted by Crippen LogP contribution is -2.46. The summed E-state index contributed by atoms with van der Waals surface area (Å²) < 4.78 is 33.1. The van der Waals surface area contributed by atoms with Crippen LogP contribution in [0.5, 0.6) is 0 Å². The molecule has 1 amide bonds. The fourth-order valence-corrected chi connectivity index (χ4v) is 4.90. The number of rotatable bonds is 14. The van der Waals surface area contributed by atoms with E-state index >= 15 is 0 Å². The molecule has 208 valence electrons. The zero-order chi connectivity index (χ0) is 27.3. The van der Waals surface area contributed by atoms with Gasteiger partial charge >= 0.3 is 5.97 Å². The van der Waals surface area contributed by atoms with Crippen LogP contribution in [0.25, 0.3) is 0 Å². The van der Waals surface area contributed by atoms with Crippen LogP contribution < -0.4 is 16.4 Å². The van der Waals surface area contributed by atoms with Crippen molar-refractivity contribution in [2.45, 2.75) is 95.9 Å². The molecule has 2 aromatic rings. The molecule has 6 nitrogen and oxygen atoms in total. The van der Waals surface area contributed by atoms with Crippen LogP contribution in [-0.2, 0) is 33.7 Å². The minimum Gasteiger partial charge on any atom is -0.459 e. The van der Waals surface area contributed by atoms with Gasteiger partial charge < -0.3 is 21.1 Å². The number of nitrogens with one attached hydrogen (secondary N) is 2. The SMILES string of the molecule is CCc1cccc(CNC[C@@H](OC(=O)CCCC(=O)NC2CCCCC2)[C@@H](N)Cc2cc(F)cc(F)c2)c1. The second kappa shape index (κ2) is 15.5. The second-order valence-corrected chi connectivity index (χ2v) is 10.2. The van der Waals surface area contributed by atoms with Gasteiger partial charge in [0.05, 0.1) is 0 Å². The molecular formula is C30H41F2N3O3. The molecule has 0 radical (unpaired) electrons. The molecule has 0 bridgehead atoms. The van der Waals surface area contributed by atoms with E-state index in [2.05, 4.69) is 29.7 Å². The van der Waals surface area contributed by atoms with Gasteiger partial charge in [-0.05, 0) is 60.9 Å². The summed E-state index contributed by atoms with van der Waals surface area (Å²) in [6.45, 7) is 2.93. The van der Waals surface area contributed by atoms with Crippen LogP contribution in [-0.4, -0.2) is 36.6 Å². The van der Waals surface area contributed by atoms with E-state index in [0.717, 1.165) is 43.7 Å². The molecule has 0 aliphatic heterocycles. The van der Waals surface area contributed by atoms with E-state index in [1.807, 2.05) is 12.1 Å². The predicted octanol–water partition coefficient (Wildman–Crippen LogP) is 4.72. The van der Waals surface area contributed by atoms with Crippen LogP contribution in [0.15, 0.2) is 42.5 Å². The van der Waals surface area contributed by atoms with Gasteiger partial charge in [0.25, 0.3) is 0 Å². The standard InChI is InChI=1S/C30H41F2N3O3/c1-2-21-8-6-9-22(14-21)19-34-20-28(27(33)17-23-15-24(31)18-25(32)16-23)38-30(37)13-7-12-29(36)35-26-10-4-3-5-11-26/h6,8-9,14-16,18,26-28,34H,2-5,7,10-13,17,19-20,33H2,1H3,(H,35,36)/t27-,28+/m0/s1. The molecule has 1 fully saturated rings. The number of carbonyl (C=O) groups excluding carboxylic acids is 2. The summed E-state index contributed by atoms with van der Waals surface area (Å²) >= 11 is 0. The summed E-state index contributed by atoms with van der Waals surface area (Å²) in [4.78, 5) is 24.9. The zero-order valence-electron chi connectivity index (χ0n) is 22.3. The number of amides is 1. The number of nitrogens with two attached hydrogens (primary N) is 1. The largest absolute Gasteiger partial charge is 0.459 e. The van der Waals surface area contributed by atoms with Crippen LogP contribution in [0.4, 0.5) is 8.78 Å². The Kier molecular flexibility index (Phi) is 12.2.